The molecule has 2 nitrogen and oxygen atoms in total. The average Bonchev–Trinajstić information content (AvgIpc) is 1.69. The van der Waals surface area contributed by atoms with Crippen LogP contribution in [-0.4, -0.2) is 4.98 Å². The SMILES string of the molecule is Nc1cccnc1.[H+]. The molecule has 36 valence electrons. The van der Waals surface area contributed by atoms with Crippen molar-refractivity contribution in [2.75, 3.05) is 5.73 Å². The third-order valence-corrected chi connectivity index (χ3v) is 0.684. The molecule has 0 fully saturated rings. The topological polar surface area (TPSA) is 38.9 Å². The van der Waals surface area contributed by atoms with Gasteiger partial charge in [0, 0.05) is 12.4 Å². The molecule has 0 saturated carbocycles. The van der Waals surface area contributed by atoms with Gasteiger partial charge < -0.3 is 5.73 Å². The Morgan fingerprint density at radius 2 is 2.57 bits per heavy atom. The molecule has 0 radical (unpaired) electrons. The zero-order valence-electron chi connectivity index (χ0n) is 4.83. The van der Waals surface area contributed by atoms with E-state index < -0.39 is 0 Å². The van der Waals surface area contributed by atoms with E-state index in [0.717, 1.165) is 0 Å². The minimum atomic E-state index is 0. The van der Waals surface area contributed by atoms with Gasteiger partial charge in [0.1, 0.15) is 0 Å². The van der Waals surface area contributed by atoms with Gasteiger partial charge in [-0.2, -0.15) is 0 Å². The Labute approximate surface area is 43.5 Å². The van der Waals surface area contributed by atoms with Crippen molar-refractivity contribution in [1.29, 1.82) is 0 Å². The molecular formula is C5H7N2+. The fourth-order valence-corrected chi connectivity index (χ4v) is 0.376. The van der Waals surface area contributed by atoms with Crippen molar-refractivity contribution >= 4 is 5.69 Å². The summed E-state index contributed by atoms with van der Waals surface area (Å²) in [5.41, 5.74) is 6.01. The fourth-order valence-electron chi connectivity index (χ4n) is 0.376. The molecule has 2 N–H and O–H groups in total. The van der Waals surface area contributed by atoms with Gasteiger partial charge in [0.05, 0.1) is 5.69 Å². The number of nitrogens with zero attached hydrogens (tertiary/aromatic N) is 1. The third kappa shape index (κ3) is 0.892. The highest BCUT2D eigenvalue weighted by atomic mass is 14.7. The van der Waals surface area contributed by atoms with Crippen LogP contribution in [0.3, 0.4) is 0 Å². The Kier molecular flexibility index (Phi) is 0.941. The fraction of sp³-hybridized carbons (Fsp3) is 0. The van der Waals surface area contributed by atoms with Gasteiger partial charge in [-0.25, -0.2) is 0 Å². The number of hydrogen-bond donors (Lipinski definition) is 1. The first kappa shape index (κ1) is 4.12. The minimum absolute atomic E-state index is 0. The summed E-state index contributed by atoms with van der Waals surface area (Å²) in [5, 5.41) is 0. The lowest BCUT2D eigenvalue weighted by atomic mass is 10.4. The lowest BCUT2D eigenvalue weighted by Crippen LogP contribution is -1.82. The van der Waals surface area contributed by atoms with Crippen LogP contribution in [0.1, 0.15) is 1.43 Å². The van der Waals surface area contributed by atoms with Crippen LogP contribution in [0.15, 0.2) is 24.5 Å². The summed E-state index contributed by atoms with van der Waals surface area (Å²) in [6.45, 7) is 0. The Balaban J connectivity index is 0.000000490. The van der Waals surface area contributed by atoms with Crippen LogP contribution in [0.25, 0.3) is 0 Å². The molecule has 0 saturated heterocycles. The largest absolute Gasteiger partial charge is 1.00 e. The summed E-state index contributed by atoms with van der Waals surface area (Å²) in [7, 11) is 0. The number of hydrogen-bond acceptors (Lipinski definition) is 2. The molecule has 0 amide bonds. The van der Waals surface area contributed by atoms with Crippen LogP contribution in [0.4, 0.5) is 5.69 Å². The van der Waals surface area contributed by atoms with Gasteiger partial charge in [0.15, 0.2) is 0 Å². The Morgan fingerprint density at radius 1 is 1.71 bits per heavy atom. The predicted molar refractivity (Wildman–Crippen MR) is 29.8 cm³/mol. The second-order valence-electron chi connectivity index (χ2n) is 1.29. The highest BCUT2D eigenvalue weighted by molar-refractivity contribution is 5.32. The van der Waals surface area contributed by atoms with Crippen LogP contribution in [0, 0.1) is 0 Å². The van der Waals surface area contributed by atoms with E-state index in [1.165, 1.54) is 0 Å². The van der Waals surface area contributed by atoms with Crippen molar-refractivity contribution in [2.45, 2.75) is 0 Å². The molecule has 2 heteroatoms. The average molecular weight is 95.1 g/mol. The van der Waals surface area contributed by atoms with Crippen LogP contribution in [-0.2, 0) is 0 Å². The second-order valence-corrected chi connectivity index (χ2v) is 1.29. The number of aromatic nitrogens is 1. The first-order valence-corrected chi connectivity index (χ1v) is 2.05. The van der Waals surface area contributed by atoms with Gasteiger partial charge in [-0.3, -0.25) is 4.98 Å². The van der Waals surface area contributed by atoms with Crippen LogP contribution in [0.5, 0.6) is 0 Å². The van der Waals surface area contributed by atoms with E-state index in [-0.39, 0.29) is 1.43 Å². The van der Waals surface area contributed by atoms with Crippen molar-refractivity contribution in [2.24, 2.45) is 0 Å². The number of nitrogen functional groups attached to an aromatic ring is 1. The standard InChI is InChI=1S/C5H6N2/c6-5-2-1-3-7-4-5/h1-4H,6H2/p+1. The van der Waals surface area contributed by atoms with E-state index in [9.17, 15) is 0 Å². The summed E-state index contributed by atoms with van der Waals surface area (Å²) < 4.78 is 0. The summed E-state index contributed by atoms with van der Waals surface area (Å²) in [4.78, 5) is 3.76. The van der Waals surface area contributed by atoms with Gasteiger partial charge in [0.2, 0.25) is 0 Å². The summed E-state index contributed by atoms with van der Waals surface area (Å²) >= 11 is 0. The molecule has 7 heavy (non-hydrogen) atoms. The summed E-state index contributed by atoms with van der Waals surface area (Å²) in [6, 6.07) is 3.60. The highest BCUT2D eigenvalue weighted by Gasteiger charge is 1.73. The molecule has 1 heterocycles. The van der Waals surface area contributed by atoms with E-state index in [1.807, 2.05) is 0 Å². The van der Waals surface area contributed by atoms with Crippen molar-refractivity contribution in [1.82, 2.24) is 4.98 Å². The Hall–Kier alpha value is -1.05. The zero-order chi connectivity index (χ0) is 5.11. The maximum absolute atomic E-state index is 5.30. The number of rotatable bonds is 0. The molecule has 0 aromatic carbocycles. The highest BCUT2D eigenvalue weighted by Crippen LogP contribution is 1.92. The van der Waals surface area contributed by atoms with Gasteiger partial charge in [-0.05, 0) is 12.1 Å². The molecule has 0 unspecified atom stereocenters. The normalized spacial score (nSPS) is 8.57. The van der Waals surface area contributed by atoms with Crippen molar-refractivity contribution in [3.8, 4) is 0 Å². The zero-order valence-corrected chi connectivity index (χ0v) is 3.83. The van der Waals surface area contributed by atoms with Crippen molar-refractivity contribution in [3.05, 3.63) is 24.5 Å². The first-order chi connectivity index (χ1) is 3.39. The van der Waals surface area contributed by atoms with E-state index in [2.05, 4.69) is 4.98 Å². The van der Waals surface area contributed by atoms with Gasteiger partial charge >= 0.3 is 1.43 Å². The van der Waals surface area contributed by atoms with E-state index in [1.54, 1.807) is 24.5 Å². The van der Waals surface area contributed by atoms with Crippen molar-refractivity contribution in [3.63, 3.8) is 0 Å². The molecular weight excluding hydrogens is 88.1 g/mol. The monoisotopic (exact) mass is 95.1 g/mol. The minimum Gasteiger partial charge on any atom is -0.397 e. The van der Waals surface area contributed by atoms with E-state index >= 15 is 0 Å². The molecule has 0 aliphatic rings. The molecule has 0 aliphatic carbocycles. The van der Waals surface area contributed by atoms with Gasteiger partial charge in [-0.1, -0.05) is 0 Å². The van der Waals surface area contributed by atoms with Crippen molar-refractivity contribution < 1.29 is 1.43 Å². The van der Waals surface area contributed by atoms with Gasteiger partial charge in [0.25, 0.3) is 0 Å². The molecule has 1 aromatic heterocycles. The third-order valence-electron chi connectivity index (χ3n) is 0.684. The summed E-state index contributed by atoms with van der Waals surface area (Å²) in [6.07, 6.45) is 3.30. The molecule has 1 rings (SSSR count). The molecule has 0 atom stereocenters. The smallest absolute Gasteiger partial charge is 0.397 e. The number of pyridine rings is 1. The van der Waals surface area contributed by atoms with Gasteiger partial charge in [-0.15, -0.1) is 0 Å². The molecule has 0 bridgehead atoms. The quantitative estimate of drug-likeness (QED) is 0.517. The molecule has 0 spiro atoms. The predicted octanol–water partition coefficient (Wildman–Crippen LogP) is 0.776. The Morgan fingerprint density at radius 3 is 2.86 bits per heavy atom. The maximum atomic E-state index is 5.30. The molecule has 1 aromatic rings. The number of anilines is 1. The summed E-state index contributed by atoms with van der Waals surface area (Å²) in [5.74, 6) is 0. The van der Waals surface area contributed by atoms with E-state index in [0.29, 0.717) is 5.69 Å². The second kappa shape index (κ2) is 1.60. The lowest BCUT2D eigenvalue weighted by molar-refractivity contribution is 1.33. The van der Waals surface area contributed by atoms with Crippen LogP contribution in [0.2, 0.25) is 0 Å². The lowest BCUT2D eigenvalue weighted by Gasteiger charge is -1.83. The van der Waals surface area contributed by atoms with Crippen LogP contribution < -0.4 is 5.73 Å². The van der Waals surface area contributed by atoms with Crippen LogP contribution >= 0.6 is 0 Å². The number of nitrogens with two attached hydrogens (primary N) is 1. The maximum Gasteiger partial charge on any atom is 1.00 e. The Bertz CT molecular complexity index is 140. The molecule has 0 aliphatic heterocycles. The first-order valence-electron chi connectivity index (χ1n) is 2.05. The van der Waals surface area contributed by atoms with E-state index in [4.69, 9.17) is 5.73 Å².